The number of halogens is 1. The summed E-state index contributed by atoms with van der Waals surface area (Å²) in [4.78, 5) is 57.5. The molecule has 4 aromatic carbocycles. The largest absolute Gasteiger partial charge is 0.465 e. The second kappa shape index (κ2) is 18.0. The first-order chi connectivity index (χ1) is 26.2. The highest BCUT2D eigenvalue weighted by atomic mass is 32.2. The van der Waals surface area contributed by atoms with E-state index in [-0.39, 0.29) is 11.6 Å². The Labute approximate surface area is 321 Å². The van der Waals surface area contributed by atoms with Crippen molar-refractivity contribution in [1.29, 1.82) is 0 Å². The topological polar surface area (TPSA) is 117 Å². The Morgan fingerprint density at radius 2 is 1.65 bits per heavy atom. The van der Waals surface area contributed by atoms with Gasteiger partial charge in [-0.25, -0.2) is 9.18 Å². The van der Waals surface area contributed by atoms with Gasteiger partial charge in [0.2, 0.25) is 5.91 Å². The molecule has 1 unspecified atom stereocenters. The third kappa shape index (κ3) is 9.70. The Hall–Kier alpha value is -5.56. The van der Waals surface area contributed by atoms with Crippen molar-refractivity contribution in [3.8, 4) is 0 Å². The molecule has 0 saturated carbocycles. The van der Waals surface area contributed by atoms with Crippen molar-refractivity contribution in [2.24, 2.45) is 0 Å². The van der Waals surface area contributed by atoms with E-state index < -0.39 is 28.9 Å². The van der Waals surface area contributed by atoms with Crippen molar-refractivity contribution in [3.05, 3.63) is 153 Å². The lowest BCUT2D eigenvalue weighted by Crippen LogP contribution is -2.30. The monoisotopic (exact) mass is 762 g/mol. The normalized spacial score (nSPS) is 13.4. The zero-order valence-electron chi connectivity index (χ0n) is 29.8. The van der Waals surface area contributed by atoms with Gasteiger partial charge >= 0.3 is 5.97 Å². The highest BCUT2D eigenvalue weighted by Gasteiger charge is 2.30. The zero-order valence-corrected chi connectivity index (χ0v) is 31.4. The molecule has 1 aliphatic rings. The number of esters is 1. The maximum Gasteiger partial charge on any atom is 0.341 e. The summed E-state index contributed by atoms with van der Waals surface area (Å²) in [6.45, 7) is 4.14. The number of rotatable bonds is 13. The van der Waals surface area contributed by atoms with E-state index in [2.05, 4.69) is 33.0 Å². The minimum atomic E-state index is -0.588. The standard InChI is InChI=1S/C42H39FN4O5S2/c1-3-35(40(50)46-41-37(42(51)52-2)33-21-22-47(26-36(33)54-41)25-28-11-6-4-7-12-28)53-32-16-10-15-31(24-32)44-39(49)34(23-27-17-19-30(43)20-18-27)45-38(48)29-13-8-5-9-14-29/h4-20,23-24,35H,3,21-22,25-26H2,1-2H3,(H,44,49)(H,45,48)(H,46,50)/b34-23+. The van der Waals surface area contributed by atoms with Gasteiger partial charge in [-0.1, -0.05) is 73.7 Å². The lowest BCUT2D eigenvalue weighted by atomic mass is 10.0. The summed E-state index contributed by atoms with van der Waals surface area (Å²) in [5, 5.41) is 8.52. The van der Waals surface area contributed by atoms with Crippen LogP contribution in [-0.4, -0.2) is 47.5 Å². The van der Waals surface area contributed by atoms with Crippen LogP contribution in [0.25, 0.3) is 6.08 Å². The third-order valence-corrected chi connectivity index (χ3v) is 11.2. The van der Waals surface area contributed by atoms with Gasteiger partial charge in [0.1, 0.15) is 16.5 Å². The van der Waals surface area contributed by atoms with Gasteiger partial charge in [-0.15, -0.1) is 23.1 Å². The summed E-state index contributed by atoms with van der Waals surface area (Å²) < 4.78 is 18.7. The zero-order chi connectivity index (χ0) is 38.0. The third-order valence-electron chi connectivity index (χ3n) is 8.75. The molecule has 0 aliphatic carbocycles. The number of amides is 3. The Balaban J connectivity index is 1.15. The van der Waals surface area contributed by atoms with E-state index in [9.17, 15) is 23.6 Å². The van der Waals surface area contributed by atoms with Crippen molar-refractivity contribution in [2.75, 3.05) is 24.3 Å². The van der Waals surface area contributed by atoms with Gasteiger partial charge in [0, 0.05) is 40.7 Å². The number of nitrogens with zero attached hydrogens (tertiary/aromatic N) is 1. The molecule has 3 N–H and O–H groups in total. The number of methoxy groups -OCH3 is 1. The Kier molecular flexibility index (Phi) is 12.7. The van der Waals surface area contributed by atoms with E-state index in [4.69, 9.17) is 4.74 Å². The predicted molar refractivity (Wildman–Crippen MR) is 212 cm³/mol. The van der Waals surface area contributed by atoms with Crippen molar-refractivity contribution < 1.29 is 28.3 Å². The molecule has 1 aromatic heterocycles. The van der Waals surface area contributed by atoms with Crippen LogP contribution in [0.5, 0.6) is 0 Å². The van der Waals surface area contributed by atoms with Crippen LogP contribution in [0.15, 0.2) is 120 Å². The molecule has 6 rings (SSSR count). The molecule has 1 atom stereocenters. The molecule has 0 spiro atoms. The van der Waals surface area contributed by atoms with Crippen molar-refractivity contribution >= 4 is 63.6 Å². The van der Waals surface area contributed by atoms with Crippen molar-refractivity contribution in [1.82, 2.24) is 10.2 Å². The molecule has 0 fully saturated rings. The summed E-state index contributed by atoms with van der Waals surface area (Å²) in [5.74, 6) is -2.23. The number of carbonyl (C=O) groups excluding carboxylic acids is 4. The van der Waals surface area contributed by atoms with E-state index >= 15 is 0 Å². The molecule has 3 amide bonds. The van der Waals surface area contributed by atoms with Gasteiger partial charge in [0.15, 0.2) is 0 Å². The first kappa shape index (κ1) is 38.2. The summed E-state index contributed by atoms with van der Waals surface area (Å²) in [6.07, 6.45) is 2.63. The second-order valence-electron chi connectivity index (χ2n) is 12.6. The van der Waals surface area contributed by atoms with Gasteiger partial charge < -0.3 is 20.7 Å². The molecule has 0 radical (unpaired) electrons. The van der Waals surface area contributed by atoms with Crippen LogP contribution in [-0.2, 0) is 33.8 Å². The van der Waals surface area contributed by atoms with E-state index in [1.54, 1.807) is 48.5 Å². The SMILES string of the molecule is CCC(Sc1cccc(NC(=O)/C(=C\c2ccc(F)cc2)NC(=O)c2ccccc2)c1)C(=O)Nc1sc2c(c1C(=O)OC)CCN(Cc1ccccc1)C2. The second-order valence-corrected chi connectivity index (χ2v) is 14.9. The number of hydrogen-bond donors (Lipinski definition) is 3. The molecular formula is C42H39FN4O5S2. The lowest BCUT2D eigenvalue weighted by molar-refractivity contribution is -0.116. The maximum absolute atomic E-state index is 13.8. The molecule has 0 bridgehead atoms. The summed E-state index contributed by atoms with van der Waals surface area (Å²) in [6, 6.07) is 31.3. The highest BCUT2D eigenvalue weighted by Crippen LogP contribution is 2.39. The number of thiophene rings is 1. The average Bonchev–Trinajstić information content (AvgIpc) is 3.54. The Bertz CT molecular complexity index is 2160. The van der Waals surface area contributed by atoms with Crippen molar-refractivity contribution in [3.63, 3.8) is 0 Å². The quantitative estimate of drug-likeness (QED) is 0.0630. The molecule has 1 aliphatic heterocycles. The summed E-state index contributed by atoms with van der Waals surface area (Å²) in [5.41, 5.74) is 3.83. The van der Waals surface area contributed by atoms with Crippen LogP contribution in [0.2, 0.25) is 0 Å². The molecule has 0 saturated heterocycles. The fraction of sp³-hybridized carbons (Fsp3) is 0.190. The van der Waals surface area contributed by atoms with Crippen LogP contribution in [0.3, 0.4) is 0 Å². The Morgan fingerprint density at radius 3 is 2.35 bits per heavy atom. The minimum Gasteiger partial charge on any atom is -0.465 e. The van der Waals surface area contributed by atoms with Gasteiger partial charge in [0.05, 0.1) is 17.9 Å². The lowest BCUT2D eigenvalue weighted by Gasteiger charge is -2.27. The molecule has 9 nitrogen and oxygen atoms in total. The molecule has 12 heteroatoms. The smallest absolute Gasteiger partial charge is 0.341 e. The van der Waals surface area contributed by atoms with Crippen molar-refractivity contribution in [2.45, 2.75) is 43.0 Å². The van der Waals surface area contributed by atoms with Gasteiger partial charge in [-0.05, 0) is 78.1 Å². The van der Waals surface area contributed by atoms with Crippen LogP contribution < -0.4 is 16.0 Å². The fourth-order valence-electron chi connectivity index (χ4n) is 6.03. The van der Waals surface area contributed by atoms with Crippen LogP contribution >= 0.6 is 23.1 Å². The number of fused-ring (bicyclic) bond motifs is 1. The number of nitrogens with one attached hydrogen (secondary N) is 3. The predicted octanol–water partition coefficient (Wildman–Crippen LogP) is 8.15. The number of carbonyl (C=O) groups is 4. The number of hydrogen-bond acceptors (Lipinski definition) is 8. The number of ether oxygens (including phenoxy) is 1. The first-order valence-corrected chi connectivity index (χ1v) is 19.1. The van der Waals surface area contributed by atoms with E-state index in [1.165, 1.54) is 66.1 Å². The van der Waals surface area contributed by atoms with E-state index in [0.29, 0.717) is 46.8 Å². The molecule has 2 heterocycles. The fourth-order valence-corrected chi connectivity index (χ4v) is 8.33. The Morgan fingerprint density at radius 1 is 0.926 bits per heavy atom. The number of anilines is 2. The van der Waals surface area contributed by atoms with Crippen LogP contribution in [0.4, 0.5) is 15.1 Å². The first-order valence-electron chi connectivity index (χ1n) is 17.4. The van der Waals surface area contributed by atoms with E-state index in [1.807, 2.05) is 31.2 Å². The maximum atomic E-state index is 13.8. The van der Waals surface area contributed by atoms with Crippen LogP contribution in [0.1, 0.15) is 55.6 Å². The average molecular weight is 763 g/mol. The molecule has 5 aromatic rings. The van der Waals surface area contributed by atoms with Crippen LogP contribution in [0, 0.1) is 5.82 Å². The number of thioether (sulfide) groups is 1. The number of benzene rings is 4. The van der Waals surface area contributed by atoms with Gasteiger partial charge in [-0.2, -0.15) is 0 Å². The van der Waals surface area contributed by atoms with Gasteiger partial charge in [-0.3, -0.25) is 19.3 Å². The van der Waals surface area contributed by atoms with Gasteiger partial charge in [0.25, 0.3) is 11.8 Å². The molecule has 276 valence electrons. The molecular weight excluding hydrogens is 724 g/mol. The highest BCUT2D eigenvalue weighted by molar-refractivity contribution is 8.00. The minimum absolute atomic E-state index is 0.0393. The molecule has 54 heavy (non-hydrogen) atoms. The summed E-state index contributed by atoms with van der Waals surface area (Å²) >= 11 is 2.74. The summed E-state index contributed by atoms with van der Waals surface area (Å²) in [7, 11) is 1.34. The van der Waals surface area contributed by atoms with E-state index in [0.717, 1.165) is 28.4 Å².